The summed E-state index contributed by atoms with van der Waals surface area (Å²) in [6.07, 6.45) is 0.996. The molecule has 1 heterocycles. The number of thioether (sulfide) groups is 1. The Hall–Kier alpha value is -2.28. The fourth-order valence-electron chi connectivity index (χ4n) is 2.10. The molecule has 0 spiro atoms. The molecule has 1 atom stereocenters. The standard InChI is InChI=1S/C16H20N4O2S/c1-3-10(2)11-6-4-5-7-12(11)18-15(22)9-23-16-19-13(17)8-14(21)20-16/h4-8,10H,3,9H2,1-2H3,(H,18,22)(H3,17,19,20,21)/t10-/m0/s1. The molecule has 6 nitrogen and oxygen atoms in total. The Labute approximate surface area is 138 Å². The highest BCUT2D eigenvalue weighted by Gasteiger charge is 2.11. The van der Waals surface area contributed by atoms with E-state index in [1.54, 1.807) is 0 Å². The van der Waals surface area contributed by atoms with Crippen molar-refractivity contribution in [2.24, 2.45) is 0 Å². The number of hydrogen-bond donors (Lipinski definition) is 3. The molecule has 122 valence electrons. The average Bonchev–Trinajstić information content (AvgIpc) is 2.52. The van der Waals surface area contributed by atoms with E-state index in [0.29, 0.717) is 11.1 Å². The molecule has 0 radical (unpaired) electrons. The summed E-state index contributed by atoms with van der Waals surface area (Å²) >= 11 is 1.14. The van der Waals surface area contributed by atoms with E-state index in [4.69, 9.17) is 5.73 Å². The molecule has 0 saturated heterocycles. The molecular formula is C16H20N4O2S. The number of nitrogens with two attached hydrogens (primary N) is 1. The Morgan fingerprint density at radius 3 is 2.87 bits per heavy atom. The summed E-state index contributed by atoms with van der Waals surface area (Å²) in [6.45, 7) is 4.24. The van der Waals surface area contributed by atoms with Gasteiger partial charge in [-0.2, -0.15) is 0 Å². The first-order valence-corrected chi connectivity index (χ1v) is 8.36. The second kappa shape index (κ2) is 7.82. The maximum Gasteiger partial charge on any atom is 0.253 e. The minimum atomic E-state index is -0.331. The Bertz CT molecular complexity index is 745. The van der Waals surface area contributed by atoms with Crippen LogP contribution in [-0.2, 0) is 4.79 Å². The van der Waals surface area contributed by atoms with E-state index < -0.39 is 0 Å². The second-order valence-corrected chi connectivity index (χ2v) is 6.17. The second-order valence-electron chi connectivity index (χ2n) is 5.21. The molecule has 2 aromatic rings. The van der Waals surface area contributed by atoms with Gasteiger partial charge in [0.2, 0.25) is 5.91 Å². The molecule has 23 heavy (non-hydrogen) atoms. The van der Waals surface area contributed by atoms with Crippen LogP contribution in [-0.4, -0.2) is 21.6 Å². The van der Waals surface area contributed by atoms with Gasteiger partial charge in [0.15, 0.2) is 5.16 Å². The lowest BCUT2D eigenvalue weighted by molar-refractivity contribution is -0.113. The van der Waals surface area contributed by atoms with Crippen molar-refractivity contribution in [3.8, 4) is 0 Å². The first kappa shape index (κ1) is 17.1. The van der Waals surface area contributed by atoms with Crippen LogP contribution in [0.5, 0.6) is 0 Å². The number of carbonyl (C=O) groups excluding carboxylic acids is 1. The van der Waals surface area contributed by atoms with Gasteiger partial charge in [0.1, 0.15) is 5.82 Å². The van der Waals surface area contributed by atoms with E-state index in [1.807, 2.05) is 24.3 Å². The largest absolute Gasteiger partial charge is 0.383 e. The normalized spacial score (nSPS) is 11.9. The number of anilines is 2. The SMILES string of the molecule is CC[C@H](C)c1ccccc1NC(=O)CSc1nc(N)cc(=O)[nH]1. The number of amides is 1. The van der Waals surface area contributed by atoms with E-state index in [0.717, 1.165) is 29.4 Å². The molecule has 2 rings (SSSR count). The summed E-state index contributed by atoms with van der Waals surface area (Å²) in [4.78, 5) is 30.0. The zero-order valence-electron chi connectivity index (χ0n) is 13.1. The van der Waals surface area contributed by atoms with E-state index in [-0.39, 0.29) is 23.0 Å². The van der Waals surface area contributed by atoms with Crippen molar-refractivity contribution in [1.82, 2.24) is 9.97 Å². The van der Waals surface area contributed by atoms with Crippen molar-refractivity contribution < 1.29 is 4.79 Å². The van der Waals surface area contributed by atoms with Crippen LogP contribution in [0.2, 0.25) is 0 Å². The minimum Gasteiger partial charge on any atom is -0.383 e. The lowest BCUT2D eigenvalue weighted by Crippen LogP contribution is -2.17. The number of rotatable bonds is 6. The Morgan fingerprint density at radius 2 is 2.17 bits per heavy atom. The molecule has 0 bridgehead atoms. The number of nitrogens with one attached hydrogen (secondary N) is 2. The summed E-state index contributed by atoms with van der Waals surface area (Å²) in [7, 11) is 0. The summed E-state index contributed by atoms with van der Waals surface area (Å²) in [6, 6.07) is 8.98. The van der Waals surface area contributed by atoms with Crippen molar-refractivity contribution in [1.29, 1.82) is 0 Å². The molecule has 4 N–H and O–H groups in total. The number of nitrogens with zero attached hydrogens (tertiary/aromatic N) is 1. The summed E-state index contributed by atoms with van der Waals surface area (Å²) in [5.41, 5.74) is 7.12. The predicted octanol–water partition coefficient (Wildman–Crippen LogP) is 2.60. The molecule has 0 saturated carbocycles. The van der Waals surface area contributed by atoms with Crippen LogP contribution in [0.25, 0.3) is 0 Å². The molecule has 0 aliphatic heterocycles. The quantitative estimate of drug-likeness (QED) is 0.557. The number of aromatic nitrogens is 2. The Kier molecular flexibility index (Phi) is 5.81. The van der Waals surface area contributed by atoms with Gasteiger partial charge in [0, 0.05) is 11.8 Å². The van der Waals surface area contributed by atoms with Crippen molar-refractivity contribution in [2.75, 3.05) is 16.8 Å². The van der Waals surface area contributed by atoms with Gasteiger partial charge in [-0.05, 0) is 24.0 Å². The zero-order chi connectivity index (χ0) is 16.8. The third-order valence-electron chi connectivity index (χ3n) is 3.46. The highest BCUT2D eigenvalue weighted by Crippen LogP contribution is 2.26. The fraction of sp³-hybridized carbons (Fsp3) is 0.312. The molecule has 1 aromatic carbocycles. The number of nitrogen functional groups attached to an aromatic ring is 1. The van der Waals surface area contributed by atoms with Gasteiger partial charge >= 0.3 is 0 Å². The van der Waals surface area contributed by atoms with Gasteiger partial charge in [-0.3, -0.25) is 9.59 Å². The van der Waals surface area contributed by atoms with Crippen LogP contribution < -0.4 is 16.6 Å². The van der Waals surface area contributed by atoms with Crippen molar-refractivity contribution in [3.05, 3.63) is 46.2 Å². The molecule has 1 amide bonds. The molecule has 0 fully saturated rings. The first-order valence-electron chi connectivity index (χ1n) is 7.38. The number of hydrogen-bond acceptors (Lipinski definition) is 5. The van der Waals surface area contributed by atoms with E-state index in [9.17, 15) is 9.59 Å². The lowest BCUT2D eigenvalue weighted by atomic mass is 9.97. The predicted molar refractivity (Wildman–Crippen MR) is 93.8 cm³/mol. The third-order valence-corrected chi connectivity index (χ3v) is 4.33. The highest BCUT2D eigenvalue weighted by molar-refractivity contribution is 7.99. The van der Waals surface area contributed by atoms with Crippen molar-refractivity contribution in [3.63, 3.8) is 0 Å². The number of carbonyl (C=O) groups is 1. The van der Waals surface area contributed by atoms with E-state index in [2.05, 4.69) is 29.1 Å². The number of aromatic amines is 1. The number of benzene rings is 1. The van der Waals surface area contributed by atoms with Gasteiger partial charge in [-0.15, -0.1) is 0 Å². The van der Waals surface area contributed by atoms with E-state index >= 15 is 0 Å². The minimum absolute atomic E-state index is 0.138. The molecule has 7 heteroatoms. The monoisotopic (exact) mass is 332 g/mol. The smallest absolute Gasteiger partial charge is 0.253 e. The maximum atomic E-state index is 12.1. The van der Waals surface area contributed by atoms with E-state index in [1.165, 1.54) is 6.07 Å². The van der Waals surface area contributed by atoms with Gasteiger partial charge in [-0.25, -0.2) is 4.98 Å². The topological polar surface area (TPSA) is 101 Å². The van der Waals surface area contributed by atoms with Crippen LogP contribution in [0.15, 0.2) is 40.3 Å². The average molecular weight is 332 g/mol. The first-order chi connectivity index (χ1) is 11.0. The molecule has 0 unspecified atom stereocenters. The molecule has 0 aliphatic carbocycles. The van der Waals surface area contributed by atoms with Crippen LogP contribution in [0, 0.1) is 0 Å². The Balaban J connectivity index is 2.01. The van der Waals surface area contributed by atoms with Crippen molar-refractivity contribution >= 4 is 29.2 Å². The Morgan fingerprint density at radius 1 is 1.43 bits per heavy atom. The molecule has 1 aromatic heterocycles. The van der Waals surface area contributed by atoms with Gasteiger partial charge in [-0.1, -0.05) is 43.8 Å². The lowest BCUT2D eigenvalue weighted by Gasteiger charge is -2.15. The zero-order valence-corrected chi connectivity index (χ0v) is 13.9. The van der Waals surface area contributed by atoms with Crippen LogP contribution >= 0.6 is 11.8 Å². The summed E-state index contributed by atoms with van der Waals surface area (Å²) in [5.74, 6) is 0.488. The van der Waals surface area contributed by atoms with Crippen molar-refractivity contribution in [2.45, 2.75) is 31.3 Å². The number of para-hydroxylation sites is 1. The third kappa shape index (κ3) is 4.85. The summed E-state index contributed by atoms with van der Waals surface area (Å²) in [5, 5.41) is 3.25. The highest BCUT2D eigenvalue weighted by atomic mass is 32.2. The van der Waals surface area contributed by atoms with Crippen LogP contribution in [0.3, 0.4) is 0 Å². The summed E-state index contributed by atoms with van der Waals surface area (Å²) < 4.78 is 0. The fourth-order valence-corrected chi connectivity index (χ4v) is 2.79. The van der Waals surface area contributed by atoms with Gasteiger partial charge in [0.25, 0.3) is 5.56 Å². The van der Waals surface area contributed by atoms with Crippen LogP contribution in [0.4, 0.5) is 11.5 Å². The number of H-pyrrole nitrogens is 1. The molecule has 0 aliphatic rings. The van der Waals surface area contributed by atoms with Gasteiger partial charge in [0.05, 0.1) is 5.75 Å². The van der Waals surface area contributed by atoms with Gasteiger partial charge < -0.3 is 16.0 Å². The maximum absolute atomic E-state index is 12.1. The van der Waals surface area contributed by atoms with Crippen LogP contribution in [0.1, 0.15) is 31.7 Å². The molecular weight excluding hydrogens is 312 g/mol.